The van der Waals surface area contributed by atoms with Gasteiger partial charge < -0.3 is 15.7 Å². The lowest BCUT2D eigenvalue weighted by molar-refractivity contribution is -0.140. The van der Waals surface area contributed by atoms with E-state index in [-0.39, 0.29) is 30.4 Å². The molecule has 1 aliphatic carbocycles. The highest BCUT2D eigenvalue weighted by Crippen LogP contribution is 2.31. The fraction of sp³-hybridized carbons (Fsp3) is 0.929. The number of hydrogen-bond acceptors (Lipinski definition) is 3. The third kappa shape index (κ3) is 2.86. The smallest absolute Gasteiger partial charge is 0.226 e. The Kier molecular flexibility index (Phi) is 4.62. The Morgan fingerprint density at radius 3 is 2.83 bits per heavy atom. The predicted molar refractivity (Wildman–Crippen MR) is 70.9 cm³/mol. The quantitative estimate of drug-likeness (QED) is 0.772. The SMILES string of the molecule is CC1C(N)CCCC1C(=O)N1CCCC(CO)C1. The summed E-state index contributed by atoms with van der Waals surface area (Å²) in [4.78, 5) is 14.5. The van der Waals surface area contributed by atoms with Crippen LogP contribution in [0.15, 0.2) is 0 Å². The summed E-state index contributed by atoms with van der Waals surface area (Å²) < 4.78 is 0. The minimum atomic E-state index is 0.103. The van der Waals surface area contributed by atoms with Gasteiger partial charge in [0, 0.05) is 31.7 Å². The molecule has 0 aromatic heterocycles. The van der Waals surface area contributed by atoms with E-state index in [1.54, 1.807) is 0 Å². The van der Waals surface area contributed by atoms with Crippen LogP contribution in [0, 0.1) is 17.8 Å². The molecule has 4 nitrogen and oxygen atoms in total. The number of carbonyl (C=O) groups excluding carboxylic acids is 1. The van der Waals surface area contributed by atoms with Crippen molar-refractivity contribution >= 4 is 5.91 Å². The number of carbonyl (C=O) groups is 1. The normalized spacial score (nSPS) is 37.6. The van der Waals surface area contributed by atoms with Gasteiger partial charge in [-0.3, -0.25) is 4.79 Å². The fourth-order valence-corrected chi connectivity index (χ4v) is 3.39. The molecule has 18 heavy (non-hydrogen) atoms. The molecule has 1 heterocycles. The molecule has 2 fully saturated rings. The molecule has 3 N–H and O–H groups in total. The van der Waals surface area contributed by atoms with Crippen LogP contribution >= 0.6 is 0 Å². The molecule has 2 rings (SSSR count). The van der Waals surface area contributed by atoms with Crippen molar-refractivity contribution in [1.29, 1.82) is 0 Å². The van der Waals surface area contributed by atoms with Gasteiger partial charge in [0.2, 0.25) is 5.91 Å². The van der Waals surface area contributed by atoms with Gasteiger partial charge in [-0.1, -0.05) is 13.3 Å². The summed E-state index contributed by atoms with van der Waals surface area (Å²) in [5, 5.41) is 9.24. The van der Waals surface area contributed by atoms with Crippen LogP contribution in [0.3, 0.4) is 0 Å². The lowest BCUT2D eigenvalue weighted by Crippen LogP contribution is -2.49. The average molecular weight is 254 g/mol. The van der Waals surface area contributed by atoms with Gasteiger partial charge in [0.05, 0.1) is 0 Å². The standard InChI is InChI=1S/C14H26N2O2/c1-10-12(5-2-6-13(10)15)14(18)16-7-3-4-11(8-16)9-17/h10-13,17H,2-9,15H2,1H3. The van der Waals surface area contributed by atoms with E-state index < -0.39 is 0 Å². The largest absolute Gasteiger partial charge is 0.396 e. The highest BCUT2D eigenvalue weighted by Gasteiger charge is 2.36. The number of nitrogens with two attached hydrogens (primary N) is 1. The van der Waals surface area contributed by atoms with Gasteiger partial charge in [-0.05, 0) is 37.5 Å². The first-order valence-electron chi connectivity index (χ1n) is 7.28. The van der Waals surface area contributed by atoms with Gasteiger partial charge in [-0.15, -0.1) is 0 Å². The van der Waals surface area contributed by atoms with Crippen molar-refractivity contribution in [2.75, 3.05) is 19.7 Å². The number of rotatable bonds is 2. The van der Waals surface area contributed by atoms with Gasteiger partial charge >= 0.3 is 0 Å². The van der Waals surface area contributed by atoms with E-state index in [9.17, 15) is 9.90 Å². The van der Waals surface area contributed by atoms with E-state index in [1.807, 2.05) is 4.90 Å². The molecule has 0 bridgehead atoms. The Hall–Kier alpha value is -0.610. The molecule has 2 aliphatic rings. The van der Waals surface area contributed by atoms with Crippen molar-refractivity contribution in [3.8, 4) is 0 Å². The summed E-state index contributed by atoms with van der Waals surface area (Å²) in [6.45, 7) is 3.89. The number of nitrogens with zero attached hydrogens (tertiary/aromatic N) is 1. The van der Waals surface area contributed by atoms with Crippen LogP contribution in [0.2, 0.25) is 0 Å². The van der Waals surface area contributed by atoms with Crippen LogP contribution in [0.5, 0.6) is 0 Å². The second-order valence-electron chi connectivity index (χ2n) is 6.04. The average Bonchev–Trinajstić information content (AvgIpc) is 2.41. The molecule has 1 saturated heterocycles. The van der Waals surface area contributed by atoms with Crippen molar-refractivity contribution in [3.63, 3.8) is 0 Å². The highest BCUT2D eigenvalue weighted by atomic mass is 16.3. The molecule has 1 saturated carbocycles. The van der Waals surface area contributed by atoms with Crippen LogP contribution in [-0.4, -0.2) is 41.7 Å². The number of aliphatic hydroxyl groups excluding tert-OH is 1. The van der Waals surface area contributed by atoms with E-state index in [0.717, 1.165) is 45.2 Å². The van der Waals surface area contributed by atoms with Crippen molar-refractivity contribution in [1.82, 2.24) is 4.90 Å². The maximum Gasteiger partial charge on any atom is 0.226 e. The van der Waals surface area contributed by atoms with Gasteiger partial charge in [-0.25, -0.2) is 0 Å². The maximum atomic E-state index is 12.6. The van der Waals surface area contributed by atoms with E-state index in [4.69, 9.17) is 5.73 Å². The summed E-state index contributed by atoms with van der Waals surface area (Å²) in [7, 11) is 0. The molecule has 4 unspecified atom stereocenters. The monoisotopic (exact) mass is 254 g/mol. The third-order valence-electron chi connectivity index (χ3n) is 4.77. The van der Waals surface area contributed by atoms with Crippen molar-refractivity contribution in [2.45, 2.75) is 45.1 Å². The fourth-order valence-electron chi connectivity index (χ4n) is 3.39. The molecule has 1 aliphatic heterocycles. The van der Waals surface area contributed by atoms with Crippen LogP contribution in [0.25, 0.3) is 0 Å². The molecular weight excluding hydrogens is 228 g/mol. The van der Waals surface area contributed by atoms with E-state index in [1.165, 1.54) is 0 Å². The number of amides is 1. The first-order chi connectivity index (χ1) is 8.63. The predicted octanol–water partition coefficient (Wildman–Crippen LogP) is 0.981. The zero-order valence-electron chi connectivity index (χ0n) is 11.3. The third-order valence-corrected chi connectivity index (χ3v) is 4.77. The highest BCUT2D eigenvalue weighted by molar-refractivity contribution is 5.79. The van der Waals surface area contributed by atoms with Gasteiger partial charge in [0.25, 0.3) is 0 Å². The van der Waals surface area contributed by atoms with Crippen molar-refractivity contribution in [3.05, 3.63) is 0 Å². The van der Waals surface area contributed by atoms with Crippen LogP contribution in [0.4, 0.5) is 0 Å². The van der Waals surface area contributed by atoms with Crippen LogP contribution < -0.4 is 5.73 Å². The molecule has 4 heteroatoms. The van der Waals surface area contributed by atoms with E-state index in [0.29, 0.717) is 5.92 Å². The summed E-state index contributed by atoms with van der Waals surface area (Å²) in [6.07, 6.45) is 5.15. The Morgan fingerprint density at radius 1 is 1.33 bits per heavy atom. The number of piperidine rings is 1. The molecule has 0 radical (unpaired) electrons. The molecular formula is C14H26N2O2. The van der Waals surface area contributed by atoms with Gasteiger partial charge in [0.1, 0.15) is 0 Å². The second-order valence-corrected chi connectivity index (χ2v) is 6.04. The Bertz CT molecular complexity index is 296. The Balaban J connectivity index is 1.97. The summed E-state index contributed by atoms with van der Waals surface area (Å²) in [5.41, 5.74) is 6.08. The molecule has 0 aromatic rings. The Labute approximate surface area is 110 Å². The van der Waals surface area contributed by atoms with Crippen molar-refractivity contribution in [2.24, 2.45) is 23.5 Å². The number of likely N-dealkylation sites (tertiary alicyclic amines) is 1. The van der Waals surface area contributed by atoms with Crippen molar-refractivity contribution < 1.29 is 9.90 Å². The first-order valence-corrected chi connectivity index (χ1v) is 7.28. The van der Waals surface area contributed by atoms with Gasteiger partial charge in [0.15, 0.2) is 0 Å². The van der Waals surface area contributed by atoms with E-state index >= 15 is 0 Å². The molecule has 0 spiro atoms. The lowest BCUT2D eigenvalue weighted by Gasteiger charge is -2.39. The zero-order chi connectivity index (χ0) is 13.1. The van der Waals surface area contributed by atoms with E-state index in [2.05, 4.69) is 6.92 Å². The van der Waals surface area contributed by atoms with Gasteiger partial charge in [-0.2, -0.15) is 0 Å². The first kappa shape index (κ1) is 13.8. The molecule has 104 valence electrons. The molecule has 1 amide bonds. The molecule has 0 aromatic carbocycles. The maximum absolute atomic E-state index is 12.6. The number of aliphatic hydroxyl groups is 1. The lowest BCUT2D eigenvalue weighted by atomic mass is 9.76. The topological polar surface area (TPSA) is 66.6 Å². The summed E-state index contributed by atoms with van der Waals surface area (Å²) in [5.74, 6) is 0.943. The minimum Gasteiger partial charge on any atom is -0.396 e. The second kappa shape index (κ2) is 6.02. The molecule has 4 atom stereocenters. The summed E-state index contributed by atoms with van der Waals surface area (Å²) in [6, 6.07) is 0.172. The van der Waals surface area contributed by atoms with Crippen LogP contribution in [-0.2, 0) is 4.79 Å². The number of hydrogen-bond donors (Lipinski definition) is 2. The zero-order valence-corrected chi connectivity index (χ0v) is 11.3. The minimum absolute atomic E-state index is 0.103. The Morgan fingerprint density at radius 2 is 2.11 bits per heavy atom. The van der Waals surface area contributed by atoms with Crippen LogP contribution in [0.1, 0.15) is 39.0 Å². The summed E-state index contributed by atoms with van der Waals surface area (Å²) >= 11 is 0.